The van der Waals surface area contributed by atoms with Gasteiger partial charge in [-0.05, 0) is 91.8 Å². The quantitative estimate of drug-likeness (QED) is 0.470. The maximum absolute atomic E-state index is 12.3. The second-order valence-electron chi connectivity index (χ2n) is 15.4. The lowest BCUT2D eigenvalue weighted by Crippen LogP contribution is -2.67. The second kappa shape index (κ2) is 7.38. The highest BCUT2D eigenvalue weighted by Crippen LogP contribution is 2.80. The Balaban J connectivity index is 1.39. The molecule has 6 rings (SSSR count). The number of hydrogen-bond donors (Lipinski definition) is 3. The summed E-state index contributed by atoms with van der Waals surface area (Å²) in [4.78, 5) is 0. The lowest BCUT2D eigenvalue weighted by atomic mass is 9.35. The summed E-state index contributed by atoms with van der Waals surface area (Å²) in [6.07, 6.45) is 5.30. The van der Waals surface area contributed by atoms with Gasteiger partial charge in [-0.25, -0.2) is 0 Å². The zero-order valence-electron chi connectivity index (χ0n) is 23.6. The van der Waals surface area contributed by atoms with Gasteiger partial charge in [-0.3, -0.25) is 0 Å². The minimum absolute atomic E-state index is 0.0940. The number of fused-ring (bicyclic) bond motifs is 4. The molecule has 5 heteroatoms. The fraction of sp³-hybridized carbons (Fsp3) is 0.935. The zero-order chi connectivity index (χ0) is 26.3. The van der Waals surface area contributed by atoms with Gasteiger partial charge in [0.2, 0.25) is 5.79 Å². The minimum atomic E-state index is -1.12. The molecule has 36 heavy (non-hydrogen) atoms. The summed E-state index contributed by atoms with van der Waals surface area (Å²) in [5.74, 6) is 0.0804. The van der Waals surface area contributed by atoms with Gasteiger partial charge < -0.3 is 24.8 Å². The van der Waals surface area contributed by atoms with E-state index in [1.807, 2.05) is 6.92 Å². The topological polar surface area (TPSA) is 79.2 Å². The smallest absolute Gasteiger partial charge is 0.201 e. The number of aliphatic hydroxyl groups excluding tert-OH is 2. The van der Waals surface area contributed by atoms with Crippen LogP contribution in [0.15, 0.2) is 12.2 Å². The molecule has 0 aromatic heterocycles. The Morgan fingerprint density at radius 2 is 1.67 bits per heavy atom. The first-order valence-corrected chi connectivity index (χ1v) is 14.7. The molecule has 5 nitrogen and oxygen atoms in total. The zero-order valence-corrected chi connectivity index (χ0v) is 23.6. The second-order valence-corrected chi connectivity index (χ2v) is 15.4. The molecule has 204 valence electrons. The summed E-state index contributed by atoms with van der Waals surface area (Å²) in [5.41, 5.74) is -0.474. The van der Waals surface area contributed by atoms with E-state index in [4.69, 9.17) is 9.47 Å². The Bertz CT molecular complexity index is 957. The molecular weight excluding hydrogens is 452 g/mol. The molecule has 2 spiro atoms. The molecule has 2 bridgehead atoms. The number of rotatable bonds is 3. The van der Waals surface area contributed by atoms with E-state index in [2.05, 4.69) is 48.1 Å². The van der Waals surface area contributed by atoms with E-state index in [1.165, 1.54) is 0 Å². The van der Waals surface area contributed by atoms with Crippen LogP contribution in [-0.2, 0) is 9.47 Å². The predicted molar refractivity (Wildman–Crippen MR) is 139 cm³/mol. The molecule has 0 aromatic carbocycles. The van der Waals surface area contributed by atoms with Crippen LogP contribution in [0.4, 0.5) is 0 Å². The molecule has 0 aromatic rings. The first kappa shape index (κ1) is 25.8. The van der Waals surface area contributed by atoms with Gasteiger partial charge in [0.25, 0.3) is 0 Å². The fourth-order valence-corrected chi connectivity index (χ4v) is 11.6. The standard InChI is InChI=1S/C31H50O5/c1-17(2)18(3)15-23-29(8,34)24-19-9-10-21-27(6)13-12-22(32)26(4,5)20(27)11-14-28(21,7)30(19)16-35-31(24,36-23)25(30)33/h17,19-25,32-34H,3,9-16H2,1-2,4-8H3. The summed E-state index contributed by atoms with van der Waals surface area (Å²) in [6.45, 7) is 20.4. The van der Waals surface area contributed by atoms with Gasteiger partial charge in [-0.2, -0.15) is 0 Å². The van der Waals surface area contributed by atoms with Crippen LogP contribution in [0.25, 0.3) is 0 Å². The maximum atomic E-state index is 12.3. The number of aliphatic hydroxyl groups is 3. The normalized spacial score (nSPS) is 58.8. The molecule has 3 N–H and O–H groups in total. The highest BCUT2D eigenvalue weighted by atomic mass is 16.7. The third kappa shape index (κ3) is 2.66. The van der Waals surface area contributed by atoms with Gasteiger partial charge in [0.1, 0.15) is 6.10 Å². The van der Waals surface area contributed by atoms with E-state index in [-0.39, 0.29) is 34.2 Å². The molecule has 12 atom stereocenters. The Hall–Kier alpha value is -0.460. The third-order valence-corrected chi connectivity index (χ3v) is 13.6. The first-order chi connectivity index (χ1) is 16.6. The van der Waals surface area contributed by atoms with Crippen LogP contribution in [0.3, 0.4) is 0 Å². The van der Waals surface area contributed by atoms with E-state index in [0.717, 1.165) is 44.1 Å². The Labute approximate surface area is 218 Å². The van der Waals surface area contributed by atoms with E-state index in [0.29, 0.717) is 30.8 Å². The minimum Gasteiger partial charge on any atom is -0.393 e. The Morgan fingerprint density at radius 1 is 0.972 bits per heavy atom. The molecule has 4 aliphatic carbocycles. The lowest BCUT2D eigenvalue weighted by molar-refractivity contribution is -0.263. The van der Waals surface area contributed by atoms with E-state index < -0.39 is 29.0 Å². The van der Waals surface area contributed by atoms with Crippen LogP contribution in [0, 0.1) is 51.2 Å². The van der Waals surface area contributed by atoms with Crippen molar-refractivity contribution >= 4 is 0 Å². The lowest BCUT2D eigenvalue weighted by Gasteiger charge is -2.70. The molecular formula is C31H50O5. The van der Waals surface area contributed by atoms with Gasteiger partial charge in [-0.15, -0.1) is 0 Å². The van der Waals surface area contributed by atoms with Crippen LogP contribution in [0.2, 0.25) is 0 Å². The largest absolute Gasteiger partial charge is 0.393 e. The van der Waals surface area contributed by atoms with Crippen molar-refractivity contribution in [3.05, 3.63) is 12.2 Å². The molecule has 2 saturated heterocycles. The molecule has 0 radical (unpaired) electrons. The molecule has 4 saturated carbocycles. The summed E-state index contributed by atoms with van der Waals surface area (Å²) in [5, 5.41) is 35.3. The molecule has 6 fully saturated rings. The van der Waals surface area contributed by atoms with Gasteiger partial charge >= 0.3 is 0 Å². The van der Waals surface area contributed by atoms with Crippen molar-refractivity contribution in [1.29, 1.82) is 0 Å². The van der Waals surface area contributed by atoms with E-state index >= 15 is 0 Å². The maximum Gasteiger partial charge on any atom is 0.201 e. The van der Waals surface area contributed by atoms with E-state index in [9.17, 15) is 15.3 Å². The Morgan fingerprint density at radius 3 is 2.33 bits per heavy atom. The first-order valence-electron chi connectivity index (χ1n) is 14.7. The van der Waals surface area contributed by atoms with Gasteiger partial charge in [-0.1, -0.05) is 53.7 Å². The van der Waals surface area contributed by atoms with Crippen molar-refractivity contribution in [3.8, 4) is 0 Å². The van der Waals surface area contributed by atoms with Gasteiger partial charge in [0, 0.05) is 5.41 Å². The van der Waals surface area contributed by atoms with Crippen LogP contribution in [0.5, 0.6) is 0 Å². The highest BCUT2D eigenvalue weighted by Gasteiger charge is 2.86. The molecule has 6 aliphatic rings. The molecule has 0 amide bonds. The van der Waals surface area contributed by atoms with Crippen molar-refractivity contribution in [1.82, 2.24) is 0 Å². The van der Waals surface area contributed by atoms with Crippen LogP contribution < -0.4 is 0 Å². The van der Waals surface area contributed by atoms with Crippen molar-refractivity contribution in [2.45, 2.75) is 123 Å². The Kier molecular flexibility index (Phi) is 5.29. The highest BCUT2D eigenvalue weighted by molar-refractivity contribution is 5.31. The van der Waals surface area contributed by atoms with Crippen LogP contribution in [-0.4, -0.2) is 51.6 Å². The van der Waals surface area contributed by atoms with Crippen LogP contribution >= 0.6 is 0 Å². The van der Waals surface area contributed by atoms with Gasteiger partial charge in [0.15, 0.2) is 0 Å². The molecule has 2 heterocycles. The average Bonchev–Trinajstić information content (AvgIpc) is 3.29. The van der Waals surface area contributed by atoms with Crippen molar-refractivity contribution in [2.75, 3.05) is 6.61 Å². The summed E-state index contributed by atoms with van der Waals surface area (Å²) >= 11 is 0. The summed E-state index contributed by atoms with van der Waals surface area (Å²) in [7, 11) is 0. The monoisotopic (exact) mass is 502 g/mol. The summed E-state index contributed by atoms with van der Waals surface area (Å²) < 4.78 is 13.3. The van der Waals surface area contributed by atoms with E-state index in [1.54, 1.807) is 0 Å². The third-order valence-electron chi connectivity index (χ3n) is 13.6. The number of ether oxygens (including phenoxy) is 2. The fourth-order valence-electron chi connectivity index (χ4n) is 11.6. The average molecular weight is 503 g/mol. The summed E-state index contributed by atoms with van der Waals surface area (Å²) in [6, 6.07) is 0. The van der Waals surface area contributed by atoms with Crippen molar-refractivity contribution < 1.29 is 24.8 Å². The number of hydrogen-bond acceptors (Lipinski definition) is 5. The van der Waals surface area contributed by atoms with Crippen molar-refractivity contribution in [2.24, 2.45) is 51.2 Å². The predicted octanol–water partition coefficient (Wildman–Crippen LogP) is 5.07. The molecule has 2 aliphatic heterocycles. The molecule has 12 unspecified atom stereocenters. The van der Waals surface area contributed by atoms with Crippen LogP contribution in [0.1, 0.15) is 93.4 Å². The van der Waals surface area contributed by atoms with Crippen molar-refractivity contribution in [3.63, 3.8) is 0 Å². The SMILES string of the molecule is C=C(CC1OC23OCC4(C(CCC5C6(C)CCC(O)C(C)(C)C6CCC54C)C2C1(C)O)C3O)C(C)C. The van der Waals surface area contributed by atoms with Gasteiger partial charge in [0.05, 0.1) is 30.3 Å².